The highest BCUT2D eigenvalue weighted by Crippen LogP contribution is 2.34. The maximum atomic E-state index is 12.6. The van der Waals surface area contributed by atoms with Crippen molar-refractivity contribution in [3.63, 3.8) is 0 Å². The molecule has 1 nitrogen and oxygen atoms in total. The minimum atomic E-state index is -4.38. The van der Waals surface area contributed by atoms with Crippen molar-refractivity contribution in [1.82, 2.24) is 0 Å². The Morgan fingerprint density at radius 1 is 1.38 bits per heavy atom. The van der Waals surface area contributed by atoms with Crippen molar-refractivity contribution >= 4 is 6.08 Å². The van der Waals surface area contributed by atoms with Gasteiger partial charge in [-0.3, -0.25) is 0 Å². The normalized spacial score (nSPS) is 11.2. The summed E-state index contributed by atoms with van der Waals surface area (Å²) in [6.07, 6.45) is -2.44. The van der Waals surface area contributed by atoms with Gasteiger partial charge in [-0.2, -0.15) is 13.2 Å². The molecular formula is C12H13F3O. The van der Waals surface area contributed by atoms with Gasteiger partial charge in [0.25, 0.3) is 0 Å². The van der Waals surface area contributed by atoms with Gasteiger partial charge in [0, 0.05) is 0 Å². The Hall–Kier alpha value is -1.45. The van der Waals surface area contributed by atoms with Crippen LogP contribution in [0.25, 0.3) is 6.08 Å². The molecule has 0 saturated heterocycles. The molecule has 0 amide bonds. The zero-order valence-electron chi connectivity index (χ0n) is 8.97. The Morgan fingerprint density at radius 2 is 2.06 bits per heavy atom. The van der Waals surface area contributed by atoms with E-state index < -0.39 is 11.7 Å². The van der Waals surface area contributed by atoms with Crippen molar-refractivity contribution in [2.75, 3.05) is 6.61 Å². The van der Waals surface area contributed by atoms with Crippen molar-refractivity contribution in [2.24, 2.45) is 0 Å². The molecule has 1 rings (SSSR count). The number of ether oxygens (including phenoxy) is 1. The smallest absolute Gasteiger partial charge is 0.417 e. The van der Waals surface area contributed by atoms with Crippen LogP contribution in [-0.2, 0) is 6.18 Å². The highest BCUT2D eigenvalue weighted by molar-refractivity contribution is 5.55. The van der Waals surface area contributed by atoms with Crippen LogP contribution in [0.2, 0.25) is 0 Å². The molecule has 0 unspecified atom stereocenters. The van der Waals surface area contributed by atoms with Gasteiger partial charge in [-0.25, -0.2) is 0 Å². The number of hydrogen-bond donors (Lipinski definition) is 0. The third-order valence-corrected chi connectivity index (χ3v) is 2.02. The van der Waals surface area contributed by atoms with Crippen LogP contribution in [0.1, 0.15) is 24.5 Å². The third kappa shape index (κ3) is 3.02. The second-order valence-electron chi connectivity index (χ2n) is 3.30. The van der Waals surface area contributed by atoms with Crippen molar-refractivity contribution in [2.45, 2.75) is 19.5 Å². The predicted molar refractivity (Wildman–Crippen MR) is 57.3 cm³/mol. The lowest BCUT2D eigenvalue weighted by Gasteiger charge is -2.12. The number of halogens is 3. The molecule has 0 fully saturated rings. The molecule has 0 spiro atoms. The minimum absolute atomic E-state index is 0.0661. The van der Waals surface area contributed by atoms with Crippen LogP contribution in [0.5, 0.6) is 5.75 Å². The van der Waals surface area contributed by atoms with Crippen LogP contribution in [0.3, 0.4) is 0 Å². The van der Waals surface area contributed by atoms with E-state index in [0.29, 0.717) is 6.61 Å². The lowest BCUT2D eigenvalue weighted by Crippen LogP contribution is -2.08. The minimum Gasteiger partial charge on any atom is -0.494 e. The fourth-order valence-corrected chi connectivity index (χ4v) is 1.27. The molecule has 0 aliphatic carbocycles. The highest BCUT2D eigenvalue weighted by atomic mass is 19.4. The number of hydrogen-bond acceptors (Lipinski definition) is 1. The van der Waals surface area contributed by atoms with E-state index in [1.165, 1.54) is 18.2 Å². The molecule has 0 saturated carbocycles. The Bertz CT molecular complexity index is 369. The average molecular weight is 230 g/mol. The quantitative estimate of drug-likeness (QED) is 0.755. The fraction of sp³-hybridized carbons (Fsp3) is 0.333. The van der Waals surface area contributed by atoms with Crippen molar-refractivity contribution in [3.8, 4) is 5.75 Å². The van der Waals surface area contributed by atoms with Crippen LogP contribution in [0, 0.1) is 0 Å². The van der Waals surface area contributed by atoms with Gasteiger partial charge in [0.05, 0.1) is 12.2 Å². The third-order valence-electron chi connectivity index (χ3n) is 2.02. The molecule has 0 atom stereocenters. The predicted octanol–water partition coefficient (Wildman–Crippen LogP) is 4.14. The van der Waals surface area contributed by atoms with E-state index in [1.54, 1.807) is 0 Å². The molecule has 0 aliphatic rings. The van der Waals surface area contributed by atoms with Gasteiger partial charge in [0.15, 0.2) is 0 Å². The van der Waals surface area contributed by atoms with Gasteiger partial charge in [0.2, 0.25) is 0 Å². The van der Waals surface area contributed by atoms with E-state index in [2.05, 4.69) is 6.58 Å². The average Bonchev–Trinajstić information content (AvgIpc) is 2.24. The summed E-state index contributed by atoms with van der Waals surface area (Å²) in [5.74, 6) is 0.236. The Kier molecular flexibility index (Phi) is 3.99. The lowest BCUT2D eigenvalue weighted by atomic mass is 10.1. The van der Waals surface area contributed by atoms with Gasteiger partial charge < -0.3 is 4.74 Å². The van der Waals surface area contributed by atoms with Crippen LogP contribution in [-0.4, -0.2) is 6.61 Å². The molecule has 1 aromatic carbocycles. The van der Waals surface area contributed by atoms with E-state index in [1.807, 2.05) is 6.92 Å². The molecule has 4 heteroatoms. The van der Waals surface area contributed by atoms with E-state index in [4.69, 9.17) is 4.74 Å². The van der Waals surface area contributed by atoms with Gasteiger partial charge in [0.1, 0.15) is 5.75 Å². The molecule has 0 aliphatic heterocycles. The lowest BCUT2D eigenvalue weighted by molar-refractivity contribution is -0.137. The zero-order valence-corrected chi connectivity index (χ0v) is 8.97. The highest BCUT2D eigenvalue weighted by Gasteiger charge is 2.33. The van der Waals surface area contributed by atoms with Gasteiger partial charge in [-0.1, -0.05) is 25.6 Å². The van der Waals surface area contributed by atoms with Crippen molar-refractivity contribution < 1.29 is 17.9 Å². The summed E-state index contributed by atoms with van der Waals surface area (Å²) < 4.78 is 43.1. The first-order chi connectivity index (χ1) is 7.49. The Balaban J connectivity index is 3.06. The van der Waals surface area contributed by atoms with Crippen LogP contribution in [0.4, 0.5) is 13.2 Å². The summed E-state index contributed by atoms with van der Waals surface area (Å²) in [6.45, 7) is 5.66. The summed E-state index contributed by atoms with van der Waals surface area (Å²) in [6, 6.07) is 3.88. The number of benzene rings is 1. The van der Waals surface area contributed by atoms with Gasteiger partial charge in [-0.15, -0.1) is 0 Å². The molecule has 88 valence electrons. The largest absolute Gasteiger partial charge is 0.494 e. The molecule has 0 heterocycles. The first-order valence-electron chi connectivity index (χ1n) is 4.95. The maximum Gasteiger partial charge on any atom is 0.417 e. The molecule has 0 N–H and O–H groups in total. The van der Waals surface area contributed by atoms with Gasteiger partial charge in [-0.05, 0) is 24.1 Å². The summed E-state index contributed by atoms with van der Waals surface area (Å²) in [7, 11) is 0. The monoisotopic (exact) mass is 230 g/mol. The molecule has 0 radical (unpaired) electrons. The summed E-state index contributed by atoms with van der Waals surface area (Å²) in [5.41, 5.74) is -0.646. The van der Waals surface area contributed by atoms with Crippen molar-refractivity contribution in [1.29, 1.82) is 0 Å². The molecule has 1 aromatic rings. The Morgan fingerprint density at radius 3 is 2.56 bits per heavy atom. The van der Waals surface area contributed by atoms with Crippen LogP contribution in [0.15, 0.2) is 24.8 Å². The van der Waals surface area contributed by atoms with Crippen LogP contribution < -0.4 is 4.74 Å². The Labute approximate surface area is 92.5 Å². The van der Waals surface area contributed by atoms with Gasteiger partial charge >= 0.3 is 6.18 Å². The number of alkyl halides is 3. The van der Waals surface area contributed by atoms with Crippen molar-refractivity contribution in [3.05, 3.63) is 35.9 Å². The first-order valence-corrected chi connectivity index (χ1v) is 4.95. The van der Waals surface area contributed by atoms with E-state index in [-0.39, 0.29) is 11.3 Å². The molecular weight excluding hydrogens is 217 g/mol. The summed E-state index contributed by atoms with van der Waals surface area (Å²) in [5, 5.41) is 0. The second-order valence-corrected chi connectivity index (χ2v) is 3.30. The van der Waals surface area contributed by atoms with E-state index in [0.717, 1.165) is 12.5 Å². The maximum absolute atomic E-state index is 12.6. The first kappa shape index (κ1) is 12.6. The molecule has 0 aromatic heterocycles. The SMILES string of the molecule is C=Cc1ccc(OCCC)cc1C(F)(F)F. The number of rotatable bonds is 4. The zero-order chi connectivity index (χ0) is 12.2. The van der Waals surface area contributed by atoms with Crippen LogP contribution >= 0.6 is 0 Å². The standard InChI is InChI=1S/C12H13F3O/c1-3-7-16-10-6-5-9(4-2)11(8-10)12(13,14)15/h4-6,8H,2-3,7H2,1H3. The molecule has 16 heavy (non-hydrogen) atoms. The van der Waals surface area contributed by atoms with E-state index >= 15 is 0 Å². The summed E-state index contributed by atoms with van der Waals surface area (Å²) in [4.78, 5) is 0. The topological polar surface area (TPSA) is 9.23 Å². The summed E-state index contributed by atoms with van der Waals surface area (Å²) >= 11 is 0. The second kappa shape index (κ2) is 5.05. The van der Waals surface area contributed by atoms with E-state index in [9.17, 15) is 13.2 Å². The fourth-order valence-electron chi connectivity index (χ4n) is 1.27. The molecule has 0 bridgehead atoms.